The van der Waals surface area contributed by atoms with E-state index in [0.29, 0.717) is 34.8 Å². The number of aromatic nitrogens is 2. The van der Waals surface area contributed by atoms with Crippen LogP contribution in [-0.2, 0) is 4.79 Å². The summed E-state index contributed by atoms with van der Waals surface area (Å²) in [6.07, 6.45) is 2.08. The van der Waals surface area contributed by atoms with Crippen molar-refractivity contribution in [3.05, 3.63) is 89.6 Å². The predicted molar refractivity (Wildman–Crippen MR) is 136 cm³/mol. The van der Waals surface area contributed by atoms with E-state index in [2.05, 4.69) is 22.2 Å². The first kappa shape index (κ1) is 22.4. The number of rotatable bonds is 6. The highest BCUT2D eigenvalue weighted by molar-refractivity contribution is 7.99. The van der Waals surface area contributed by atoms with Gasteiger partial charge in [0, 0.05) is 17.4 Å². The number of carbonyl (C=O) groups excluding carboxylic acids is 1. The Balaban J connectivity index is 1.21. The Morgan fingerprint density at radius 3 is 2.72 bits per heavy atom. The third kappa shape index (κ3) is 4.22. The van der Waals surface area contributed by atoms with E-state index in [0.717, 1.165) is 22.1 Å². The highest BCUT2D eigenvalue weighted by Gasteiger charge is 2.36. The van der Waals surface area contributed by atoms with Gasteiger partial charge < -0.3 is 13.3 Å². The molecule has 1 unspecified atom stereocenters. The van der Waals surface area contributed by atoms with E-state index in [1.54, 1.807) is 12.3 Å². The van der Waals surface area contributed by atoms with Crippen LogP contribution in [0.1, 0.15) is 35.1 Å². The molecule has 0 spiro atoms. The van der Waals surface area contributed by atoms with E-state index in [9.17, 15) is 4.79 Å². The lowest BCUT2D eigenvalue weighted by atomic mass is 10.1. The van der Waals surface area contributed by atoms with Gasteiger partial charge in [-0.1, -0.05) is 36.0 Å². The predicted octanol–water partition coefficient (Wildman–Crippen LogP) is 6.16. The maximum atomic E-state index is 13.3. The summed E-state index contributed by atoms with van der Waals surface area (Å²) in [5.74, 6) is 1.62. The molecule has 180 valence electrons. The van der Waals surface area contributed by atoms with Crippen molar-refractivity contribution in [3.8, 4) is 11.5 Å². The molecular formula is C27H22N4O4S. The second-order valence-corrected chi connectivity index (χ2v) is 9.56. The van der Waals surface area contributed by atoms with E-state index in [4.69, 9.17) is 13.3 Å². The van der Waals surface area contributed by atoms with Crippen LogP contribution in [0.15, 0.2) is 90.5 Å². The molecule has 9 heteroatoms. The molecule has 6 rings (SSSR count). The molecule has 2 aromatic carbocycles. The molecule has 0 radical (unpaired) electrons. The minimum absolute atomic E-state index is 0.0860. The maximum absolute atomic E-state index is 13.3. The van der Waals surface area contributed by atoms with E-state index < -0.39 is 0 Å². The minimum atomic E-state index is -0.356. The average Bonchev–Trinajstić information content (AvgIpc) is 3.69. The van der Waals surface area contributed by atoms with Crippen molar-refractivity contribution in [2.45, 2.75) is 31.5 Å². The third-order valence-corrected chi connectivity index (χ3v) is 7.03. The second kappa shape index (κ2) is 9.16. The molecule has 0 saturated carbocycles. The fourth-order valence-electron chi connectivity index (χ4n) is 4.16. The van der Waals surface area contributed by atoms with Crippen LogP contribution in [0.3, 0.4) is 0 Å². The number of thioether (sulfide) groups is 1. The number of carbonyl (C=O) groups is 1. The Morgan fingerprint density at radius 2 is 1.92 bits per heavy atom. The van der Waals surface area contributed by atoms with E-state index in [1.807, 2.05) is 61.5 Å². The molecule has 1 aliphatic heterocycles. The first-order valence-electron chi connectivity index (χ1n) is 11.5. The molecule has 0 saturated heterocycles. The maximum Gasteiger partial charge on any atom is 0.277 e. The number of fused-ring (bicyclic) bond motifs is 1. The molecule has 1 amide bonds. The lowest BCUT2D eigenvalue weighted by Crippen LogP contribution is -2.28. The van der Waals surface area contributed by atoms with Crippen molar-refractivity contribution in [3.63, 3.8) is 0 Å². The van der Waals surface area contributed by atoms with Gasteiger partial charge in [-0.2, -0.15) is 5.10 Å². The molecular weight excluding hydrogens is 476 g/mol. The topological polar surface area (TPSA) is 97.9 Å². The van der Waals surface area contributed by atoms with Crippen LogP contribution in [0.25, 0.3) is 22.4 Å². The molecule has 1 aliphatic rings. The molecule has 3 aromatic heterocycles. The number of amides is 1. The highest BCUT2D eigenvalue weighted by Crippen LogP contribution is 2.35. The number of benzene rings is 2. The van der Waals surface area contributed by atoms with Crippen molar-refractivity contribution in [1.82, 2.24) is 15.2 Å². The number of aryl methyl sites for hydroxylation is 2. The summed E-state index contributed by atoms with van der Waals surface area (Å²) < 4.78 is 17.4. The zero-order valence-electron chi connectivity index (χ0n) is 19.7. The smallest absolute Gasteiger partial charge is 0.277 e. The average molecular weight is 499 g/mol. The van der Waals surface area contributed by atoms with Crippen molar-refractivity contribution in [2.24, 2.45) is 5.10 Å². The zero-order valence-corrected chi connectivity index (χ0v) is 20.5. The Morgan fingerprint density at radius 1 is 1.03 bits per heavy atom. The fourth-order valence-corrected chi connectivity index (χ4v) is 4.78. The lowest BCUT2D eigenvalue weighted by molar-refractivity contribution is -0.130. The van der Waals surface area contributed by atoms with E-state index in [1.165, 1.54) is 22.3 Å². The largest absolute Gasteiger partial charge is 0.467 e. The summed E-state index contributed by atoms with van der Waals surface area (Å²) in [6, 6.07) is 19.0. The molecule has 5 aromatic rings. The van der Waals surface area contributed by atoms with Gasteiger partial charge in [-0.25, -0.2) is 5.01 Å². The monoisotopic (exact) mass is 498 g/mol. The van der Waals surface area contributed by atoms with Gasteiger partial charge in [-0.15, -0.1) is 10.2 Å². The Hall–Kier alpha value is -4.11. The number of hydrogen-bond acceptors (Lipinski definition) is 8. The standard InChI is InChI=1S/C27H22N4O4S/c1-16-9-10-19(12-17(16)2)26-28-29-27(35-26)36-15-25(32)31-21(23-8-5-11-33-23)14-20(30-31)24-13-18-6-3-4-7-22(18)34-24/h3-13,21H,14-15H2,1-2H3. The molecule has 0 bridgehead atoms. The SMILES string of the molecule is Cc1ccc(-c2nnc(SCC(=O)N3N=C(c4cc5ccccc5o4)CC3c3ccco3)o2)cc1C. The van der Waals surface area contributed by atoms with Crippen LogP contribution in [0, 0.1) is 13.8 Å². The summed E-state index contributed by atoms with van der Waals surface area (Å²) in [7, 11) is 0. The summed E-state index contributed by atoms with van der Waals surface area (Å²) in [5, 5.41) is 15.7. The van der Waals surface area contributed by atoms with E-state index in [-0.39, 0.29) is 17.7 Å². The summed E-state index contributed by atoms with van der Waals surface area (Å²) in [4.78, 5) is 13.3. The Kier molecular flexibility index (Phi) is 5.69. The minimum Gasteiger partial charge on any atom is -0.467 e. The van der Waals surface area contributed by atoms with Crippen molar-refractivity contribution in [2.75, 3.05) is 5.75 Å². The van der Waals surface area contributed by atoms with Gasteiger partial charge in [0.05, 0.1) is 12.0 Å². The van der Waals surface area contributed by atoms with Gasteiger partial charge in [0.1, 0.15) is 23.1 Å². The fraction of sp³-hybridized carbons (Fsp3) is 0.185. The van der Waals surface area contributed by atoms with Gasteiger partial charge in [0.2, 0.25) is 5.89 Å². The van der Waals surface area contributed by atoms with E-state index >= 15 is 0 Å². The van der Waals surface area contributed by atoms with Crippen LogP contribution in [0.5, 0.6) is 0 Å². The van der Waals surface area contributed by atoms with Crippen molar-refractivity contribution >= 4 is 34.3 Å². The summed E-state index contributed by atoms with van der Waals surface area (Å²) >= 11 is 1.18. The van der Waals surface area contributed by atoms with Crippen LogP contribution in [-0.4, -0.2) is 32.6 Å². The number of hydrogen-bond donors (Lipinski definition) is 0. The number of hydrazone groups is 1. The number of furan rings is 2. The second-order valence-electron chi connectivity index (χ2n) is 8.63. The Bertz CT molecular complexity index is 1550. The molecule has 8 nitrogen and oxygen atoms in total. The molecule has 0 aliphatic carbocycles. The van der Waals surface area contributed by atoms with Gasteiger partial charge in [-0.05, 0) is 61.4 Å². The van der Waals surface area contributed by atoms with Crippen molar-refractivity contribution in [1.29, 1.82) is 0 Å². The third-order valence-electron chi connectivity index (χ3n) is 6.23. The molecule has 0 N–H and O–H groups in total. The summed E-state index contributed by atoms with van der Waals surface area (Å²) in [6.45, 7) is 4.09. The lowest BCUT2D eigenvalue weighted by Gasteiger charge is -2.19. The molecule has 1 atom stereocenters. The van der Waals surface area contributed by atoms with Gasteiger partial charge >= 0.3 is 0 Å². The van der Waals surface area contributed by atoms with Crippen LogP contribution >= 0.6 is 11.8 Å². The molecule has 4 heterocycles. The van der Waals surface area contributed by atoms with Gasteiger partial charge in [-0.3, -0.25) is 4.79 Å². The van der Waals surface area contributed by atoms with Crippen LogP contribution < -0.4 is 0 Å². The number of para-hydroxylation sites is 1. The van der Waals surface area contributed by atoms with Gasteiger partial charge in [0.25, 0.3) is 11.1 Å². The Labute approximate surface area is 211 Å². The summed E-state index contributed by atoms with van der Waals surface area (Å²) in [5.41, 5.74) is 4.66. The quantitative estimate of drug-likeness (QED) is 0.259. The van der Waals surface area contributed by atoms with Crippen molar-refractivity contribution < 1.29 is 18.0 Å². The molecule has 0 fully saturated rings. The highest BCUT2D eigenvalue weighted by atomic mass is 32.2. The first-order valence-corrected chi connectivity index (χ1v) is 12.5. The first-order chi connectivity index (χ1) is 17.5. The zero-order chi connectivity index (χ0) is 24.6. The normalized spacial score (nSPS) is 15.6. The molecule has 36 heavy (non-hydrogen) atoms. The number of nitrogens with zero attached hydrogens (tertiary/aromatic N) is 4. The van der Waals surface area contributed by atoms with Crippen LogP contribution in [0.4, 0.5) is 0 Å². The van der Waals surface area contributed by atoms with Gasteiger partial charge in [0.15, 0.2) is 5.76 Å². The van der Waals surface area contributed by atoms with Crippen LogP contribution in [0.2, 0.25) is 0 Å².